The molecule has 1 aromatic rings. The van der Waals surface area contributed by atoms with Gasteiger partial charge in [-0.3, -0.25) is 0 Å². The average Bonchev–Trinajstić information content (AvgIpc) is 2.26. The molecule has 0 aliphatic heterocycles. The highest BCUT2D eigenvalue weighted by Gasteiger charge is 2.16. The molecule has 0 aromatic heterocycles. The maximum atomic E-state index is 5.80. The summed E-state index contributed by atoms with van der Waals surface area (Å²) in [6.45, 7) is 3.36. The highest BCUT2D eigenvalue weighted by Crippen LogP contribution is 2.30. The lowest BCUT2D eigenvalue weighted by Crippen LogP contribution is -2.14. The van der Waals surface area contributed by atoms with E-state index in [4.69, 9.17) is 15.2 Å². The van der Waals surface area contributed by atoms with Crippen LogP contribution in [0.2, 0.25) is 0 Å². The van der Waals surface area contributed by atoms with Crippen molar-refractivity contribution in [3.05, 3.63) is 18.2 Å². The Balaban J connectivity index is 1.84. The smallest absolute Gasteiger partial charge is 0.145 e. The Kier molecular flexibility index (Phi) is 4.13. The maximum Gasteiger partial charge on any atom is 0.145 e. The molecule has 0 spiro atoms. The lowest BCUT2D eigenvalue weighted by Gasteiger charge is -2.25. The van der Waals surface area contributed by atoms with Crippen LogP contribution in [-0.4, -0.2) is 13.2 Å². The van der Waals surface area contributed by atoms with E-state index in [2.05, 4.69) is 0 Å². The molecule has 1 saturated carbocycles. The molecule has 0 atom stereocenters. The van der Waals surface area contributed by atoms with Crippen molar-refractivity contribution in [1.82, 2.24) is 0 Å². The van der Waals surface area contributed by atoms with E-state index in [9.17, 15) is 0 Å². The second-order valence-corrected chi connectivity index (χ2v) is 4.57. The van der Waals surface area contributed by atoms with E-state index in [0.29, 0.717) is 18.0 Å². The third-order valence-electron chi connectivity index (χ3n) is 3.30. The summed E-state index contributed by atoms with van der Waals surface area (Å²) in [7, 11) is 0. The molecule has 0 heterocycles. The van der Waals surface area contributed by atoms with Crippen LogP contribution in [0.25, 0.3) is 0 Å². The second kappa shape index (κ2) is 5.80. The van der Waals surface area contributed by atoms with Gasteiger partial charge in [0.15, 0.2) is 0 Å². The summed E-state index contributed by atoms with van der Waals surface area (Å²) in [5, 5.41) is 0. The van der Waals surface area contributed by atoms with Crippen molar-refractivity contribution < 1.29 is 9.47 Å². The molecule has 2 rings (SSSR count). The van der Waals surface area contributed by atoms with Gasteiger partial charge in [-0.15, -0.1) is 0 Å². The fourth-order valence-corrected chi connectivity index (χ4v) is 2.01. The standard InChI is InChI=1S/C14H21NO2/c1-2-16-14-10-12(6-7-13(14)15)17-9-8-11-4-3-5-11/h6-7,10-11H,2-5,8-9,15H2,1H3. The first kappa shape index (κ1) is 12.1. The lowest BCUT2D eigenvalue weighted by molar-refractivity contribution is 0.221. The zero-order valence-corrected chi connectivity index (χ0v) is 10.4. The van der Waals surface area contributed by atoms with Crippen LogP contribution in [-0.2, 0) is 0 Å². The van der Waals surface area contributed by atoms with Gasteiger partial charge in [-0.05, 0) is 31.4 Å². The van der Waals surface area contributed by atoms with E-state index in [1.807, 2.05) is 25.1 Å². The first-order chi connectivity index (χ1) is 8.29. The van der Waals surface area contributed by atoms with Crippen molar-refractivity contribution >= 4 is 5.69 Å². The van der Waals surface area contributed by atoms with Crippen molar-refractivity contribution in [3.8, 4) is 11.5 Å². The average molecular weight is 235 g/mol. The predicted molar refractivity (Wildman–Crippen MR) is 69.5 cm³/mol. The Hall–Kier alpha value is -1.38. The predicted octanol–water partition coefficient (Wildman–Crippen LogP) is 3.24. The van der Waals surface area contributed by atoms with Gasteiger partial charge in [-0.1, -0.05) is 19.3 Å². The summed E-state index contributed by atoms with van der Waals surface area (Å²) in [6.07, 6.45) is 5.29. The molecule has 1 aliphatic carbocycles. The fourth-order valence-electron chi connectivity index (χ4n) is 2.01. The Labute approximate surface area is 103 Å². The van der Waals surface area contributed by atoms with Gasteiger partial charge in [0.1, 0.15) is 11.5 Å². The van der Waals surface area contributed by atoms with Crippen LogP contribution in [0.5, 0.6) is 11.5 Å². The van der Waals surface area contributed by atoms with Crippen LogP contribution in [0.15, 0.2) is 18.2 Å². The first-order valence-electron chi connectivity index (χ1n) is 6.44. The van der Waals surface area contributed by atoms with Gasteiger partial charge in [-0.2, -0.15) is 0 Å². The van der Waals surface area contributed by atoms with E-state index in [1.165, 1.54) is 19.3 Å². The van der Waals surface area contributed by atoms with E-state index < -0.39 is 0 Å². The molecule has 2 N–H and O–H groups in total. The molecule has 3 heteroatoms. The van der Waals surface area contributed by atoms with Gasteiger partial charge >= 0.3 is 0 Å². The molecule has 0 saturated heterocycles. The molecular formula is C14H21NO2. The van der Waals surface area contributed by atoms with E-state index in [-0.39, 0.29) is 0 Å². The van der Waals surface area contributed by atoms with Crippen LogP contribution in [0, 0.1) is 5.92 Å². The molecule has 3 nitrogen and oxygen atoms in total. The Morgan fingerprint density at radius 2 is 2.12 bits per heavy atom. The zero-order chi connectivity index (χ0) is 12.1. The molecule has 17 heavy (non-hydrogen) atoms. The number of nitrogens with two attached hydrogens (primary N) is 1. The minimum absolute atomic E-state index is 0.621. The molecule has 0 bridgehead atoms. The summed E-state index contributed by atoms with van der Waals surface area (Å²) in [6, 6.07) is 5.61. The number of rotatable bonds is 6. The minimum atomic E-state index is 0.621. The van der Waals surface area contributed by atoms with E-state index >= 15 is 0 Å². The SMILES string of the molecule is CCOc1cc(OCCC2CCC2)ccc1N. The molecule has 1 aliphatic rings. The normalized spacial score (nSPS) is 15.4. The van der Waals surface area contributed by atoms with E-state index in [1.54, 1.807) is 0 Å². The molecule has 94 valence electrons. The third kappa shape index (κ3) is 3.29. The van der Waals surface area contributed by atoms with Crippen molar-refractivity contribution in [1.29, 1.82) is 0 Å². The molecule has 0 unspecified atom stereocenters. The number of ether oxygens (including phenoxy) is 2. The van der Waals surface area contributed by atoms with E-state index in [0.717, 1.165) is 24.7 Å². The lowest BCUT2D eigenvalue weighted by atomic mass is 9.83. The molecule has 1 fully saturated rings. The number of hydrogen-bond donors (Lipinski definition) is 1. The fraction of sp³-hybridized carbons (Fsp3) is 0.571. The van der Waals surface area contributed by atoms with Crippen LogP contribution < -0.4 is 15.2 Å². The molecular weight excluding hydrogens is 214 g/mol. The summed E-state index contributed by atoms with van der Waals surface area (Å²) in [5.41, 5.74) is 6.47. The summed E-state index contributed by atoms with van der Waals surface area (Å²) in [5.74, 6) is 2.45. The van der Waals surface area contributed by atoms with Crippen molar-refractivity contribution in [2.24, 2.45) is 5.92 Å². The number of benzene rings is 1. The summed E-state index contributed by atoms with van der Waals surface area (Å²) in [4.78, 5) is 0. The van der Waals surface area contributed by atoms with Crippen molar-refractivity contribution in [2.45, 2.75) is 32.6 Å². The minimum Gasteiger partial charge on any atom is -0.493 e. The van der Waals surface area contributed by atoms with Gasteiger partial charge in [0.25, 0.3) is 0 Å². The Morgan fingerprint density at radius 1 is 1.29 bits per heavy atom. The maximum absolute atomic E-state index is 5.80. The van der Waals surface area contributed by atoms with Crippen molar-refractivity contribution in [3.63, 3.8) is 0 Å². The highest BCUT2D eigenvalue weighted by atomic mass is 16.5. The molecule has 0 radical (unpaired) electrons. The number of hydrogen-bond acceptors (Lipinski definition) is 3. The summed E-state index contributed by atoms with van der Waals surface area (Å²) < 4.78 is 11.2. The largest absolute Gasteiger partial charge is 0.493 e. The van der Waals surface area contributed by atoms with Gasteiger partial charge in [0.2, 0.25) is 0 Å². The molecule has 1 aromatic carbocycles. The van der Waals surface area contributed by atoms with Crippen LogP contribution in [0.4, 0.5) is 5.69 Å². The van der Waals surface area contributed by atoms with Crippen LogP contribution >= 0.6 is 0 Å². The quantitative estimate of drug-likeness (QED) is 0.770. The number of nitrogen functional groups attached to an aromatic ring is 1. The van der Waals surface area contributed by atoms with Gasteiger partial charge in [0.05, 0.1) is 18.9 Å². The Bertz CT molecular complexity index is 361. The first-order valence-corrected chi connectivity index (χ1v) is 6.44. The van der Waals surface area contributed by atoms with Crippen molar-refractivity contribution in [2.75, 3.05) is 18.9 Å². The highest BCUT2D eigenvalue weighted by molar-refractivity contribution is 5.55. The van der Waals surface area contributed by atoms with Gasteiger partial charge < -0.3 is 15.2 Å². The van der Waals surface area contributed by atoms with Gasteiger partial charge in [0, 0.05) is 6.07 Å². The Morgan fingerprint density at radius 3 is 2.76 bits per heavy atom. The zero-order valence-electron chi connectivity index (χ0n) is 10.4. The monoisotopic (exact) mass is 235 g/mol. The summed E-state index contributed by atoms with van der Waals surface area (Å²) >= 11 is 0. The van der Waals surface area contributed by atoms with Crippen LogP contribution in [0.1, 0.15) is 32.6 Å². The number of anilines is 1. The second-order valence-electron chi connectivity index (χ2n) is 4.57. The molecule has 0 amide bonds. The van der Waals surface area contributed by atoms with Gasteiger partial charge in [-0.25, -0.2) is 0 Å². The van der Waals surface area contributed by atoms with Crippen LogP contribution in [0.3, 0.4) is 0 Å². The topological polar surface area (TPSA) is 44.5 Å². The third-order valence-corrected chi connectivity index (χ3v) is 3.30.